The second-order valence-corrected chi connectivity index (χ2v) is 14.8. The van der Waals surface area contributed by atoms with Crippen LogP contribution in [0.25, 0.3) is 110 Å². The zero-order valence-corrected chi connectivity index (χ0v) is 30.8. The quantitative estimate of drug-likeness (QED) is 0.177. The van der Waals surface area contributed by atoms with E-state index in [1.807, 2.05) is 24.4 Å². The van der Waals surface area contributed by atoms with Gasteiger partial charge in [0.15, 0.2) is 5.58 Å². The average Bonchev–Trinajstić information content (AvgIpc) is 3.94. The van der Waals surface area contributed by atoms with Crippen LogP contribution >= 0.6 is 0 Å². The van der Waals surface area contributed by atoms with Crippen LogP contribution in [0, 0.1) is 0 Å². The molecule has 12 rings (SSSR count). The minimum Gasteiger partial charge on any atom is -0.454 e. The molecule has 4 nitrogen and oxygen atoms in total. The van der Waals surface area contributed by atoms with Gasteiger partial charge in [0, 0.05) is 38.8 Å². The van der Waals surface area contributed by atoms with Gasteiger partial charge in [-0.2, -0.15) is 0 Å². The van der Waals surface area contributed by atoms with Crippen LogP contribution in [0.1, 0.15) is 0 Å². The van der Waals surface area contributed by atoms with Gasteiger partial charge < -0.3 is 13.6 Å². The summed E-state index contributed by atoms with van der Waals surface area (Å²) in [5.41, 5.74) is 16.4. The van der Waals surface area contributed by atoms with Crippen molar-refractivity contribution in [3.63, 3.8) is 0 Å². The number of para-hydroxylation sites is 3. The van der Waals surface area contributed by atoms with Crippen LogP contribution in [-0.2, 0) is 0 Å². The summed E-state index contributed by atoms with van der Waals surface area (Å²) < 4.78 is 11.2. The van der Waals surface area contributed by atoms with Gasteiger partial charge in [0.1, 0.15) is 5.58 Å². The lowest BCUT2D eigenvalue weighted by Gasteiger charge is -2.14. The Morgan fingerprint density at radius 3 is 1.70 bits per heavy atom. The molecule has 8 aromatic carbocycles. The van der Waals surface area contributed by atoms with Crippen molar-refractivity contribution in [1.29, 1.82) is 0 Å². The fourth-order valence-electron chi connectivity index (χ4n) is 8.95. The van der Waals surface area contributed by atoms with E-state index in [0.29, 0.717) is 0 Å². The monoisotopic (exact) mass is 727 g/mol. The van der Waals surface area contributed by atoms with E-state index in [0.717, 1.165) is 66.4 Å². The molecule has 4 heteroatoms. The number of furan rings is 1. The van der Waals surface area contributed by atoms with Crippen molar-refractivity contribution >= 4 is 65.7 Å². The number of fused-ring (bicyclic) bond motifs is 9. The predicted molar refractivity (Wildman–Crippen MR) is 237 cm³/mol. The van der Waals surface area contributed by atoms with Gasteiger partial charge in [-0.1, -0.05) is 121 Å². The van der Waals surface area contributed by atoms with Crippen molar-refractivity contribution in [1.82, 2.24) is 14.1 Å². The van der Waals surface area contributed by atoms with Crippen molar-refractivity contribution in [2.24, 2.45) is 0 Å². The van der Waals surface area contributed by atoms with E-state index in [1.54, 1.807) is 0 Å². The van der Waals surface area contributed by atoms with E-state index in [2.05, 4.69) is 185 Å². The van der Waals surface area contributed by atoms with Gasteiger partial charge >= 0.3 is 0 Å². The van der Waals surface area contributed by atoms with Gasteiger partial charge in [-0.25, -0.2) is 0 Å². The van der Waals surface area contributed by atoms with Gasteiger partial charge in [0.25, 0.3) is 0 Å². The molecule has 57 heavy (non-hydrogen) atoms. The lowest BCUT2D eigenvalue weighted by molar-refractivity contribution is 0.666. The molecule has 0 saturated carbocycles. The van der Waals surface area contributed by atoms with Crippen molar-refractivity contribution in [2.45, 2.75) is 0 Å². The number of rotatable bonds is 5. The SMILES string of the molecule is c1ccc(-c2cc(-c3ccccc3)cc(-n3c4ccccc4c4cc(-c5ccc6c(c5)c5ncccc5n6-c5cccc6c5oc5ccccc56)ccc43)c2)cc1. The van der Waals surface area contributed by atoms with E-state index in [9.17, 15) is 0 Å². The normalized spacial score (nSPS) is 11.9. The molecular weight excluding hydrogens is 695 g/mol. The molecular formula is C53H33N3O. The first-order valence-corrected chi connectivity index (χ1v) is 19.4. The molecule has 0 aliphatic rings. The van der Waals surface area contributed by atoms with E-state index in [-0.39, 0.29) is 0 Å². The summed E-state index contributed by atoms with van der Waals surface area (Å²) in [5.74, 6) is 0. The third kappa shape index (κ3) is 4.91. The summed E-state index contributed by atoms with van der Waals surface area (Å²) in [6.07, 6.45) is 1.89. The molecule has 0 N–H and O–H groups in total. The Balaban J connectivity index is 1.04. The summed E-state index contributed by atoms with van der Waals surface area (Å²) in [4.78, 5) is 4.94. The van der Waals surface area contributed by atoms with Gasteiger partial charge in [-0.3, -0.25) is 4.98 Å². The molecule has 4 heterocycles. The maximum absolute atomic E-state index is 6.52. The van der Waals surface area contributed by atoms with Crippen molar-refractivity contribution < 1.29 is 4.42 Å². The van der Waals surface area contributed by atoms with Gasteiger partial charge in [0.05, 0.1) is 33.3 Å². The maximum Gasteiger partial charge on any atom is 0.159 e. The van der Waals surface area contributed by atoms with Crippen LogP contribution in [0.2, 0.25) is 0 Å². The molecule has 0 amide bonds. The van der Waals surface area contributed by atoms with Crippen LogP contribution in [0.3, 0.4) is 0 Å². The highest BCUT2D eigenvalue weighted by Crippen LogP contribution is 2.41. The third-order valence-corrected chi connectivity index (χ3v) is 11.5. The zero-order chi connectivity index (χ0) is 37.5. The number of hydrogen-bond acceptors (Lipinski definition) is 2. The molecule has 12 aromatic rings. The molecule has 0 bridgehead atoms. The fourth-order valence-corrected chi connectivity index (χ4v) is 8.95. The summed E-state index contributed by atoms with van der Waals surface area (Å²) in [6, 6.07) is 69.6. The second-order valence-electron chi connectivity index (χ2n) is 14.8. The third-order valence-electron chi connectivity index (χ3n) is 11.5. The van der Waals surface area contributed by atoms with Gasteiger partial charge in [0.2, 0.25) is 0 Å². The predicted octanol–water partition coefficient (Wildman–Crippen LogP) is 14.2. The fraction of sp³-hybridized carbons (Fsp3) is 0. The van der Waals surface area contributed by atoms with Crippen molar-refractivity contribution in [3.8, 4) is 44.8 Å². The Bertz CT molecular complexity index is 3460. The van der Waals surface area contributed by atoms with Crippen LogP contribution in [-0.4, -0.2) is 14.1 Å². The molecule has 0 aliphatic carbocycles. The Labute approximate surface area is 328 Å². The van der Waals surface area contributed by atoms with E-state index in [1.165, 1.54) is 44.1 Å². The van der Waals surface area contributed by atoms with E-state index in [4.69, 9.17) is 9.40 Å². The standard InChI is InChI=1S/C53H33N3O/c1-3-13-34(14-4-1)38-29-39(35-15-5-2-6-16-35)31-40(30-38)55-46-20-9-7-17-41(46)44-32-36(24-26-47(44)55)37-25-27-48-45(33-37)52-49(22-12-28-54-52)56(48)50-21-11-19-43-42-18-8-10-23-51(42)57-53(43)50/h1-33H. The number of hydrogen-bond donors (Lipinski definition) is 0. The Hall–Kier alpha value is -7.69. The smallest absolute Gasteiger partial charge is 0.159 e. The molecule has 0 saturated heterocycles. The van der Waals surface area contributed by atoms with E-state index < -0.39 is 0 Å². The molecule has 4 aromatic heterocycles. The molecule has 0 atom stereocenters. The van der Waals surface area contributed by atoms with Crippen LogP contribution in [0.15, 0.2) is 205 Å². The summed E-state index contributed by atoms with van der Waals surface area (Å²) >= 11 is 0. The van der Waals surface area contributed by atoms with Crippen LogP contribution in [0.4, 0.5) is 0 Å². The number of aromatic nitrogens is 3. The van der Waals surface area contributed by atoms with Crippen molar-refractivity contribution in [2.75, 3.05) is 0 Å². The average molecular weight is 728 g/mol. The van der Waals surface area contributed by atoms with Crippen molar-refractivity contribution in [3.05, 3.63) is 200 Å². The molecule has 0 aliphatic heterocycles. The minimum absolute atomic E-state index is 0.873. The first kappa shape index (κ1) is 31.6. The molecule has 0 unspecified atom stereocenters. The first-order valence-electron chi connectivity index (χ1n) is 19.4. The largest absolute Gasteiger partial charge is 0.454 e. The molecule has 266 valence electrons. The summed E-state index contributed by atoms with van der Waals surface area (Å²) in [7, 11) is 0. The number of benzene rings is 8. The van der Waals surface area contributed by atoms with Gasteiger partial charge in [-0.15, -0.1) is 0 Å². The highest BCUT2D eigenvalue weighted by atomic mass is 16.3. The lowest BCUT2D eigenvalue weighted by atomic mass is 9.98. The van der Waals surface area contributed by atoms with Gasteiger partial charge in [-0.05, 0) is 106 Å². The molecule has 0 radical (unpaired) electrons. The van der Waals surface area contributed by atoms with Crippen LogP contribution < -0.4 is 0 Å². The molecule has 0 spiro atoms. The Morgan fingerprint density at radius 2 is 0.947 bits per heavy atom. The Morgan fingerprint density at radius 1 is 0.351 bits per heavy atom. The highest BCUT2D eigenvalue weighted by molar-refractivity contribution is 6.13. The summed E-state index contributed by atoms with van der Waals surface area (Å²) in [5, 5.41) is 5.76. The lowest BCUT2D eigenvalue weighted by Crippen LogP contribution is -1.96. The zero-order valence-electron chi connectivity index (χ0n) is 30.8. The summed E-state index contributed by atoms with van der Waals surface area (Å²) in [6.45, 7) is 0. The van der Waals surface area contributed by atoms with Crippen LogP contribution in [0.5, 0.6) is 0 Å². The molecule has 0 fully saturated rings. The maximum atomic E-state index is 6.52. The Kier molecular flexibility index (Phi) is 6.89. The first-order chi connectivity index (χ1) is 28.3. The number of nitrogens with zero attached hydrogens (tertiary/aromatic N) is 3. The van der Waals surface area contributed by atoms with E-state index >= 15 is 0 Å². The highest BCUT2D eigenvalue weighted by Gasteiger charge is 2.20. The topological polar surface area (TPSA) is 35.9 Å². The number of pyridine rings is 1. The minimum atomic E-state index is 0.873. The second kappa shape index (κ2) is 12.4.